The van der Waals surface area contributed by atoms with Crippen molar-refractivity contribution < 1.29 is 0 Å². The zero-order chi connectivity index (χ0) is 13.1. The SMILES string of the molecule is CC(Nc1ccccc1-n1cncn1)c1cscn1. The van der Waals surface area contributed by atoms with E-state index >= 15 is 0 Å². The van der Waals surface area contributed by atoms with Crippen molar-refractivity contribution in [2.75, 3.05) is 5.32 Å². The van der Waals surface area contributed by atoms with Gasteiger partial charge >= 0.3 is 0 Å². The molecule has 1 N–H and O–H groups in total. The standard InChI is InChI=1S/C13H13N5S/c1-10(12-6-19-9-15-12)17-11-4-2-3-5-13(11)18-8-14-7-16-18/h2-10,17H,1H3. The van der Waals surface area contributed by atoms with Gasteiger partial charge in [0.15, 0.2) is 0 Å². The Balaban J connectivity index is 1.89. The van der Waals surface area contributed by atoms with Crippen LogP contribution in [0.1, 0.15) is 18.7 Å². The highest BCUT2D eigenvalue weighted by Gasteiger charge is 2.10. The summed E-state index contributed by atoms with van der Waals surface area (Å²) in [6, 6.07) is 8.16. The molecule has 19 heavy (non-hydrogen) atoms. The highest BCUT2D eigenvalue weighted by molar-refractivity contribution is 7.07. The van der Waals surface area contributed by atoms with Crippen LogP contribution in [-0.2, 0) is 0 Å². The van der Waals surface area contributed by atoms with Crippen LogP contribution in [0.5, 0.6) is 0 Å². The van der Waals surface area contributed by atoms with E-state index in [0.717, 1.165) is 17.1 Å². The first-order valence-electron chi connectivity index (χ1n) is 5.93. The fraction of sp³-hybridized carbons (Fsp3) is 0.154. The maximum absolute atomic E-state index is 4.33. The van der Waals surface area contributed by atoms with Gasteiger partial charge in [-0.1, -0.05) is 12.1 Å². The van der Waals surface area contributed by atoms with E-state index < -0.39 is 0 Å². The normalized spacial score (nSPS) is 12.3. The molecule has 0 saturated carbocycles. The molecular weight excluding hydrogens is 258 g/mol. The van der Waals surface area contributed by atoms with Gasteiger partial charge in [0.25, 0.3) is 0 Å². The summed E-state index contributed by atoms with van der Waals surface area (Å²) in [5.41, 5.74) is 4.87. The minimum Gasteiger partial charge on any atom is -0.375 e. The Bertz CT molecular complexity index is 633. The Kier molecular flexibility index (Phi) is 3.24. The molecular formula is C13H13N5S. The molecule has 5 nitrogen and oxygen atoms in total. The van der Waals surface area contributed by atoms with E-state index in [-0.39, 0.29) is 6.04 Å². The predicted octanol–water partition coefficient (Wildman–Crippen LogP) is 2.90. The van der Waals surface area contributed by atoms with Crippen LogP contribution in [0, 0.1) is 0 Å². The van der Waals surface area contributed by atoms with Crippen LogP contribution in [0.2, 0.25) is 0 Å². The van der Waals surface area contributed by atoms with Crippen LogP contribution in [0.15, 0.2) is 47.8 Å². The fourth-order valence-electron chi connectivity index (χ4n) is 1.87. The summed E-state index contributed by atoms with van der Waals surface area (Å²) in [6.45, 7) is 2.09. The molecule has 0 aliphatic carbocycles. The number of nitrogens with one attached hydrogen (secondary N) is 1. The monoisotopic (exact) mass is 271 g/mol. The largest absolute Gasteiger partial charge is 0.375 e. The smallest absolute Gasteiger partial charge is 0.138 e. The van der Waals surface area contributed by atoms with Crippen molar-refractivity contribution in [1.82, 2.24) is 19.7 Å². The molecule has 0 aliphatic rings. The molecule has 1 aromatic carbocycles. The van der Waals surface area contributed by atoms with E-state index in [1.165, 1.54) is 6.33 Å². The summed E-state index contributed by atoms with van der Waals surface area (Å²) < 4.78 is 1.75. The fourth-order valence-corrected chi connectivity index (χ4v) is 2.52. The molecule has 2 heterocycles. The molecule has 2 aromatic heterocycles. The number of hydrogen-bond acceptors (Lipinski definition) is 5. The molecule has 0 fully saturated rings. The summed E-state index contributed by atoms with van der Waals surface area (Å²) >= 11 is 1.60. The zero-order valence-electron chi connectivity index (χ0n) is 10.4. The molecule has 0 saturated heterocycles. The lowest BCUT2D eigenvalue weighted by Crippen LogP contribution is -2.09. The second-order valence-corrected chi connectivity index (χ2v) is 4.86. The van der Waals surface area contributed by atoms with Crippen molar-refractivity contribution >= 4 is 17.0 Å². The maximum Gasteiger partial charge on any atom is 0.138 e. The quantitative estimate of drug-likeness (QED) is 0.792. The van der Waals surface area contributed by atoms with Crippen LogP contribution < -0.4 is 5.32 Å². The third kappa shape index (κ3) is 2.48. The molecule has 1 atom stereocenters. The Hall–Kier alpha value is -2.21. The highest BCUT2D eigenvalue weighted by Crippen LogP contribution is 2.24. The first kappa shape index (κ1) is 11.9. The molecule has 0 aliphatic heterocycles. The molecule has 96 valence electrons. The number of hydrogen-bond donors (Lipinski definition) is 1. The highest BCUT2D eigenvalue weighted by atomic mass is 32.1. The lowest BCUT2D eigenvalue weighted by molar-refractivity contribution is 0.833. The first-order chi connectivity index (χ1) is 9.34. The van der Waals surface area contributed by atoms with E-state index in [1.807, 2.05) is 29.8 Å². The lowest BCUT2D eigenvalue weighted by Gasteiger charge is -2.16. The number of thiazole rings is 1. The molecule has 3 aromatic rings. The number of nitrogens with zero attached hydrogens (tertiary/aromatic N) is 4. The van der Waals surface area contributed by atoms with Crippen LogP contribution in [0.4, 0.5) is 5.69 Å². The molecule has 0 radical (unpaired) electrons. The summed E-state index contributed by atoms with van der Waals surface area (Å²) in [6.07, 6.45) is 3.22. The number of benzene rings is 1. The van der Waals surface area contributed by atoms with Crippen molar-refractivity contribution in [2.45, 2.75) is 13.0 Å². The van der Waals surface area contributed by atoms with Crippen LogP contribution >= 0.6 is 11.3 Å². The van der Waals surface area contributed by atoms with Crippen LogP contribution in [-0.4, -0.2) is 19.7 Å². The predicted molar refractivity (Wildman–Crippen MR) is 75.5 cm³/mol. The van der Waals surface area contributed by atoms with Gasteiger partial charge < -0.3 is 5.32 Å². The maximum atomic E-state index is 4.33. The van der Waals surface area contributed by atoms with E-state index in [0.29, 0.717) is 0 Å². The number of para-hydroxylation sites is 2. The van der Waals surface area contributed by atoms with Crippen LogP contribution in [0.25, 0.3) is 5.69 Å². The zero-order valence-corrected chi connectivity index (χ0v) is 11.2. The Morgan fingerprint density at radius 1 is 1.32 bits per heavy atom. The van der Waals surface area contributed by atoms with Gasteiger partial charge in [-0.05, 0) is 19.1 Å². The van der Waals surface area contributed by atoms with Gasteiger partial charge in [0.2, 0.25) is 0 Å². The van der Waals surface area contributed by atoms with Crippen molar-refractivity contribution in [2.24, 2.45) is 0 Å². The van der Waals surface area contributed by atoms with Gasteiger partial charge in [0.1, 0.15) is 12.7 Å². The van der Waals surface area contributed by atoms with Crippen molar-refractivity contribution in [1.29, 1.82) is 0 Å². The Morgan fingerprint density at radius 2 is 2.21 bits per heavy atom. The van der Waals surface area contributed by atoms with Crippen molar-refractivity contribution in [3.63, 3.8) is 0 Å². The average molecular weight is 271 g/mol. The third-order valence-corrected chi connectivity index (χ3v) is 3.44. The summed E-state index contributed by atoms with van der Waals surface area (Å²) in [4.78, 5) is 8.31. The van der Waals surface area contributed by atoms with Gasteiger partial charge in [-0.15, -0.1) is 11.3 Å². The van der Waals surface area contributed by atoms with Crippen molar-refractivity contribution in [3.05, 3.63) is 53.5 Å². The molecule has 1 unspecified atom stereocenters. The lowest BCUT2D eigenvalue weighted by atomic mass is 10.2. The summed E-state index contributed by atoms with van der Waals surface area (Å²) in [5, 5.41) is 9.68. The number of anilines is 1. The molecule has 0 bridgehead atoms. The molecule has 6 heteroatoms. The average Bonchev–Trinajstić information content (AvgIpc) is 3.13. The summed E-state index contributed by atoms with van der Waals surface area (Å²) in [5.74, 6) is 0. The van der Waals surface area contributed by atoms with Crippen molar-refractivity contribution in [3.8, 4) is 5.69 Å². The van der Waals surface area contributed by atoms with E-state index in [9.17, 15) is 0 Å². The van der Waals surface area contributed by atoms with Gasteiger partial charge in [-0.25, -0.2) is 14.6 Å². The molecule has 3 rings (SSSR count). The molecule has 0 spiro atoms. The second-order valence-electron chi connectivity index (χ2n) is 4.14. The van der Waals surface area contributed by atoms with Gasteiger partial charge in [-0.3, -0.25) is 0 Å². The second kappa shape index (κ2) is 5.19. The number of aromatic nitrogens is 4. The Morgan fingerprint density at radius 3 is 2.95 bits per heavy atom. The van der Waals surface area contributed by atoms with Gasteiger partial charge in [-0.2, -0.15) is 5.10 Å². The van der Waals surface area contributed by atoms with Crippen LogP contribution in [0.3, 0.4) is 0 Å². The van der Waals surface area contributed by atoms with E-state index in [2.05, 4.69) is 32.7 Å². The number of rotatable bonds is 4. The van der Waals surface area contributed by atoms with Gasteiger partial charge in [0.05, 0.1) is 28.6 Å². The summed E-state index contributed by atoms with van der Waals surface area (Å²) in [7, 11) is 0. The van der Waals surface area contributed by atoms with E-state index in [1.54, 1.807) is 22.3 Å². The first-order valence-corrected chi connectivity index (χ1v) is 6.87. The van der Waals surface area contributed by atoms with E-state index in [4.69, 9.17) is 0 Å². The minimum absolute atomic E-state index is 0.149. The topological polar surface area (TPSA) is 55.6 Å². The Labute approximate surface area is 115 Å². The molecule has 0 amide bonds. The third-order valence-electron chi connectivity index (χ3n) is 2.84. The van der Waals surface area contributed by atoms with Gasteiger partial charge in [0, 0.05) is 5.38 Å². The minimum atomic E-state index is 0.149.